The van der Waals surface area contributed by atoms with Crippen molar-refractivity contribution in [3.8, 4) is 0 Å². The second-order valence-electron chi connectivity index (χ2n) is 3.57. The van der Waals surface area contributed by atoms with Crippen molar-refractivity contribution in [3.05, 3.63) is 0 Å². The fourth-order valence-corrected chi connectivity index (χ4v) is 1.66. The molecule has 13 heavy (non-hydrogen) atoms. The van der Waals surface area contributed by atoms with Gasteiger partial charge in [0.05, 0.1) is 6.61 Å². The lowest BCUT2D eigenvalue weighted by Gasteiger charge is -2.22. The van der Waals surface area contributed by atoms with Crippen LogP contribution in [0.15, 0.2) is 0 Å². The minimum absolute atomic E-state index is 0.0276. The van der Waals surface area contributed by atoms with Crippen LogP contribution in [0.1, 0.15) is 25.7 Å². The Balaban J connectivity index is 2.42. The summed E-state index contributed by atoms with van der Waals surface area (Å²) in [4.78, 5) is 13.2. The Morgan fingerprint density at radius 2 is 2.31 bits per heavy atom. The van der Waals surface area contributed by atoms with E-state index in [0.29, 0.717) is 6.54 Å². The van der Waals surface area contributed by atoms with Gasteiger partial charge in [-0.15, -0.1) is 0 Å². The van der Waals surface area contributed by atoms with Gasteiger partial charge >= 0.3 is 0 Å². The van der Waals surface area contributed by atoms with Gasteiger partial charge in [-0.25, -0.2) is 0 Å². The maximum absolute atomic E-state index is 11.4. The SMILES string of the molecule is NC1CCCCN(C(=O)CCO)C1. The fourth-order valence-electron chi connectivity index (χ4n) is 1.66. The highest BCUT2D eigenvalue weighted by Gasteiger charge is 2.18. The van der Waals surface area contributed by atoms with E-state index in [0.717, 1.165) is 25.8 Å². The highest BCUT2D eigenvalue weighted by atomic mass is 16.3. The van der Waals surface area contributed by atoms with Crippen LogP contribution in [0.5, 0.6) is 0 Å². The summed E-state index contributed by atoms with van der Waals surface area (Å²) in [5.41, 5.74) is 5.80. The van der Waals surface area contributed by atoms with E-state index in [4.69, 9.17) is 10.8 Å². The zero-order chi connectivity index (χ0) is 9.68. The molecule has 1 fully saturated rings. The van der Waals surface area contributed by atoms with Gasteiger partial charge in [-0.1, -0.05) is 6.42 Å². The molecule has 1 heterocycles. The van der Waals surface area contributed by atoms with E-state index in [1.165, 1.54) is 0 Å². The van der Waals surface area contributed by atoms with E-state index in [-0.39, 0.29) is 25.0 Å². The topological polar surface area (TPSA) is 66.6 Å². The normalized spacial score (nSPS) is 24.2. The largest absolute Gasteiger partial charge is 0.396 e. The van der Waals surface area contributed by atoms with Gasteiger partial charge < -0.3 is 15.7 Å². The number of carbonyl (C=O) groups excluding carboxylic acids is 1. The van der Waals surface area contributed by atoms with E-state index in [2.05, 4.69) is 0 Å². The average Bonchev–Trinajstić information content (AvgIpc) is 2.30. The Labute approximate surface area is 78.7 Å². The number of nitrogens with zero attached hydrogens (tertiary/aromatic N) is 1. The number of hydrogen-bond acceptors (Lipinski definition) is 3. The number of aliphatic hydroxyl groups excluding tert-OH is 1. The van der Waals surface area contributed by atoms with Gasteiger partial charge in [0, 0.05) is 25.6 Å². The first-order valence-electron chi connectivity index (χ1n) is 4.88. The molecule has 1 aliphatic rings. The molecule has 0 aromatic heterocycles. The molecule has 0 aromatic rings. The average molecular weight is 186 g/mol. The zero-order valence-corrected chi connectivity index (χ0v) is 7.91. The summed E-state index contributed by atoms with van der Waals surface area (Å²) in [6.07, 6.45) is 3.37. The summed E-state index contributed by atoms with van der Waals surface area (Å²) in [5.74, 6) is 0.0276. The van der Waals surface area contributed by atoms with Gasteiger partial charge in [-0.2, -0.15) is 0 Å². The lowest BCUT2D eigenvalue weighted by molar-refractivity contribution is -0.131. The van der Waals surface area contributed by atoms with Crippen molar-refractivity contribution in [1.82, 2.24) is 4.90 Å². The second kappa shape index (κ2) is 5.19. The first kappa shape index (κ1) is 10.5. The van der Waals surface area contributed by atoms with Gasteiger partial charge in [0.25, 0.3) is 0 Å². The zero-order valence-electron chi connectivity index (χ0n) is 7.91. The molecule has 0 saturated carbocycles. The lowest BCUT2D eigenvalue weighted by atomic mass is 10.2. The second-order valence-corrected chi connectivity index (χ2v) is 3.57. The summed E-state index contributed by atoms with van der Waals surface area (Å²) in [6.45, 7) is 1.38. The van der Waals surface area contributed by atoms with Crippen molar-refractivity contribution < 1.29 is 9.90 Å². The molecule has 1 amide bonds. The molecular weight excluding hydrogens is 168 g/mol. The Morgan fingerprint density at radius 1 is 1.54 bits per heavy atom. The van der Waals surface area contributed by atoms with Gasteiger partial charge in [0.2, 0.25) is 5.91 Å². The number of amides is 1. The van der Waals surface area contributed by atoms with Gasteiger partial charge in [-0.05, 0) is 12.8 Å². The smallest absolute Gasteiger partial charge is 0.224 e. The van der Waals surface area contributed by atoms with Gasteiger partial charge in [0.15, 0.2) is 0 Å². The molecule has 76 valence electrons. The maximum atomic E-state index is 11.4. The minimum atomic E-state index is -0.0649. The molecule has 3 N–H and O–H groups in total. The van der Waals surface area contributed by atoms with Gasteiger partial charge in [-0.3, -0.25) is 4.79 Å². The van der Waals surface area contributed by atoms with Crippen LogP contribution in [0, 0.1) is 0 Å². The van der Waals surface area contributed by atoms with E-state index < -0.39 is 0 Å². The Kier molecular flexibility index (Phi) is 4.18. The fraction of sp³-hybridized carbons (Fsp3) is 0.889. The molecule has 0 aromatic carbocycles. The third-order valence-electron chi connectivity index (χ3n) is 2.39. The van der Waals surface area contributed by atoms with Crippen LogP contribution in [0.4, 0.5) is 0 Å². The van der Waals surface area contributed by atoms with Crippen molar-refractivity contribution in [2.75, 3.05) is 19.7 Å². The monoisotopic (exact) mass is 186 g/mol. The third kappa shape index (κ3) is 3.32. The Hall–Kier alpha value is -0.610. The van der Waals surface area contributed by atoms with Crippen LogP contribution in [0.25, 0.3) is 0 Å². The number of nitrogens with two attached hydrogens (primary N) is 1. The van der Waals surface area contributed by atoms with Crippen LogP contribution in [-0.2, 0) is 4.79 Å². The number of likely N-dealkylation sites (tertiary alicyclic amines) is 1. The van der Waals surface area contributed by atoms with Crippen molar-refractivity contribution in [2.45, 2.75) is 31.7 Å². The molecule has 1 rings (SSSR count). The minimum Gasteiger partial charge on any atom is -0.396 e. The molecule has 1 aliphatic heterocycles. The summed E-state index contributed by atoms with van der Waals surface area (Å²) in [5, 5.41) is 8.62. The van der Waals surface area contributed by atoms with E-state index in [1.807, 2.05) is 0 Å². The highest BCUT2D eigenvalue weighted by Crippen LogP contribution is 2.09. The van der Waals surface area contributed by atoms with Crippen molar-refractivity contribution in [2.24, 2.45) is 5.73 Å². The van der Waals surface area contributed by atoms with Gasteiger partial charge in [0.1, 0.15) is 0 Å². The molecule has 0 spiro atoms. The summed E-state index contributed by atoms with van der Waals surface area (Å²) in [7, 11) is 0. The molecule has 1 atom stereocenters. The van der Waals surface area contributed by atoms with E-state index in [9.17, 15) is 4.79 Å². The summed E-state index contributed by atoms with van der Waals surface area (Å²) < 4.78 is 0. The van der Waals surface area contributed by atoms with Crippen LogP contribution in [-0.4, -0.2) is 41.7 Å². The number of carbonyl (C=O) groups is 1. The molecular formula is C9H18N2O2. The lowest BCUT2D eigenvalue weighted by Crippen LogP contribution is -2.39. The quantitative estimate of drug-likeness (QED) is 0.622. The third-order valence-corrected chi connectivity index (χ3v) is 2.39. The molecule has 4 heteroatoms. The molecule has 0 bridgehead atoms. The first-order chi connectivity index (χ1) is 6.24. The molecule has 0 aliphatic carbocycles. The Bertz CT molecular complexity index is 173. The molecule has 4 nitrogen and oxygen atoms in total. The van der Waals surface area contributed by atoms with Crippen LogP contribution in [0.2, 0.25) is 0 Å². The predicted molar refractivity (Wildman–Crippen MR) is 50.1 cm³/mol. The molecule has 0 radical (unpaired) electrons. The number of aliphatic hydroxyl groups is 1. The van der Waals surface area contributed by atoms with Crippen molar-refractivity contribution >= 4 is 5.91 Å². The van der Waals surface area contributed by atoms with Crippen LogP contribution < -0.4 is 5.73 Å². The first-order valence-corrected chi connectivity index (χ1v) is 4.88. The van der Waals surface area contributed by atoms with E-state index >= 15 is 0 Å². The predicted octanol–water partition coefficient (Wildman–Crippen LogP) is -0.291. The van der Waals surface area contributed by atoms with Crippen molar-refractivity contribution in [3.63, 3.8) is 0 Å². The van der Waals surface area contributed by atoms with E-state index in [1.54, 1.807) is 4.90 Å². The highest BCUT2D eigenvalue weighted by molar-refractivity contribution is 5.76. The summed E-state index contributed by atoms with van der Waals surface area (Å²) >= 11 is 0. The number of rotatable bonds is 2. The maximum Gasteiger partial charge on any atom is 0.224 e. The Morgan fingerprint density at radius 3 is 3.00 bits per heavy atom. The van der Waals surface area contributed by atoms with Crippen LogP contribution >= 0.6 is 0 Å². The van der Waals surface area contributed by atoms with Crippen LogP contribution in [0.3, 0.4) is 0 Å². The summed E-state index contributed by atoms with van der Waals surface area (Å²) in [6, 6.07) is 0.116. The molecule has 1 saturated heterocycles. The standard InChI is InChI=1S/C9H18N2O2/c10-8-3-1-2-5-11(7-8)9(13)4-6-12/h8,12H,1-7,10H2. The van der Waals surface area contributed by atoms with Crippen molar-refractivity contribution in [1.29, 1.82) is 0 Å². The molecule has 1 unspecified atom stereocenters. The number of hydrogen-bond donors (Lipinski definition) is 2.